The lowest BCUT2D eigenvalue weighted by molar-refractivity contribution is -0.134. The second-order valence-corrected chi connectivity index (χ2v) is 5.26. The number of rotatable bonds is 3. The third-order valence-electron chi connectivity index (χ3n) is 2.78. The van der Waals surface area contributed by atoms with Crippen LogP contribution in [0.15, 0.2) is 12.1 Å². The van der Waals surface area contributed by atoms with Crippen molar-refractivity contribution in [1.82, 2.24) is 10.6 Å². The van der Waals surface area contributed by atoms with Crippen LogP contribution >= 0.6 is 11.3 Å². The Morgan fingerprint density at radius 1 is 1.50 bits per heavy atom. The topological polar surface area (TPSA) is 75.3 Å². The number of imide groups is 1. The first kappa shape index (κ1) is 12.8. The van der Waals surface area contributed by atoms with Crippen molar-refractivity contribution in [1.29, 1.82) is 0 Å². The Bertz CT molecular complexity index is 495. The fraction of sp³-hybridized carbons (Fsp3) is 0.417. The van der Waals surface area contributed by atoms with Crippen LogP contribution in [0.4, 0.5) is 0 Å². The molecule has 1 aromatic rings. The Balaban J connectivity index is 1.99. The van der Waals surface area contributed by atoms with Gasteiger partial charge in [0.2, 0.25) is 11.8 Å². The molecule has 1 aliphatic rings. The number of carbonyl (C=O) groups is 3. The number of amides is 3. The van der Waals surface area contributed by atoms with Crippen molar-refractivity contribution in [2.24, 2.45) is 0 Å². The summed E-state index contributed by atoms with van der Waals surface area (Å²) in [6.45, 7) is 2.02. The third-order valence-corrected chi connectivity index (χ3v) is 4.01. The highest BCUT2D eigenvalue weighted by Crippen LogP contribution is 2.17. The van der Waals surface area contributed by atoms with E-state index in [1.165, 1.54) is 11.3 Å². The Labute approximate surface area is 109 Å². The SMILES string of the molecule is CCc1ccc(C(=O)NC2CCC(=O)NC2=O)s1. The lowest BCUT2D eigenvalue weighted by atomic mass is 10.1. The van der Waals surface area contributed by atoms with E-state index in [4.69, 9.17) is 0 Å². The van der Waals surface area contributed by atoms with Crippen LogP contribution in [-0.2, 0) is 16.0 Å². The average molecular weight is 266 g/mol. The molecule has 1 atom stereocenters. The van der Waals surface area contributed by atoms with E-state index in [0.29, 0.717) is 11.3 Å². The first-order valence-corrected chi connectivity index (χ1v) is 6.65. The molecule has 0 radical (unpaired) electrons. The number of thiophene rings is 1. The molecular formula is C12H14N2O3S. The Hall–Kier alpha value is -1.69. The highest BCUT2D eigenvalue weighted by Gasteiger charge is 2.28. The van der Waals surface area contributed by atoms with Gasteiger partial charge >= 0.3 is 0 Å². The van der Waals surface area contributed by atoms with Crippen molar-refractivity contribution in [3.63, 3.8) is 0 Å². The molecule has 1 aromatic heterocycles. The van der Waals surface area contributed by atoms with Gasteiger partial charge in [-0.3, -0.25) is 19.7 Å². The molecule has 18 heavy (non-hydrogen) atoms. The van der Waals surface area contributed by atoms with Gasteiger partial charge in [-0.1, -0.05) is 6.92 Å². The van der Waals surface area contributed by atoms with Crippen LogP contribution < -0.4 is 10.6 Å². The van der Waals surface area contributed by atoms with Gasteiger partial charge in [0, 0.05) is 11.3 Å². The lowest BCUT2D eigenvalue weighted by Crippen LogP contribution is -2.52. The molecule has 3 amide bonds. The average Bonchev–Trinajstić information content (AvgIpc) is 2.81. The molecule has 5 nitrogen and oxygen atoms in total. The molecule has 1 fully saturated rings. The standard InChI is InChI=1S/C12H14N2O3S/c1-2-7-3-5-9(18-7)12(17)13-8-4-6-10(15)14-11(8)16/h3,5,8H,2,4,6H2,1H3,(H,13,17)(H,14,15,16). The summed E-state index contributed by atoms with van der Waals surface area (Å²) in [6, 6.07) is 3.05. The summed E-state index contributed by atoms with van der Waals surface area (Å²) in [5.41, 5.74) is 0. The molecule has 0 spiro atoms. The van der Waals surface area contributed by atoms with Crippen LogP contribution in [0.1, 0.15) is 34.3 Å². The number of carbonyl (C=O) groups excluding carboxylic acids is 3. The van der Waals surface area contributed by atoms with Crippen molar-refractivity contribution in [2.75, 3.05) is 0 Å². The summed E-state index contributed by atoms with van der Waals surface area (Å²) in [5, 5.41) is 4.86. The van der Waals surface area contributed by atoms with Crippen LogP contribution in [0.2, 0.25) is 0 Å². The van der Waals surface area contributed by atoms with Crippen molar-refractivity contribution >= 4 is 29.1 Å². The maximum absolute atomic E-state index is 11.9. The summed E-state index contributed by atoms with van der Waals surface area (Å²) < 4.78 is 0. The summed E-state index contributed by atoms with van der Waals surface area (Å²) >= 11 is 1.42. The molecule has 6 heteroatoms. The molecular weight excluding hydrogens is 252 g/mol. The molecule has 1 unspecified atom stereocenters. The zero-order chi connectivity index (χ0) is 13.1. The van der Waals surface area contributed by atoms with Crippen LogP contribution in [0.3, 0.4) is 0 Å². The molecule has 1 aliphatic heterocycles. The summed E-state index contributed by atoms with van der Waals surface area (Å²) in [5.74, 6) is -0.962. The monoisotopic (exact) mass is 266 g/mol. The van der Waals surface area contributed by atoms with Gasteiger partial charge in [-0.05, 0) is 25.0 Å². The predicted octanol–water partition coefficient (Wildman–Crippen LogP) is 0.845. The normalized spacial score (nSPS) is 19.5. The molecule has 96 valence electrons. The molecule has 0 aliphatic carbocycles. The summed E-state index contributed by atoms with van der Waals surface area (Å²) in [6.07, 6.45) is 1.51. The second-order valence-electron chi connectivity index (χ2n) is 4.10. The number of nitrogens with one attached hydrogen (secondary N) is 2. The van der Waals surface area contributed by atoms with Crippen LogP contribution in [0.25, 0.3) is 0 Å². The zero-order valence-corrected chi connectivity index (χ0v) is 10.8. The van der Waals surface area contributed by atoms with Gasteiger partial charge in [0.1, 0.15) is 6.04 Å². The van der Waals surface area contributed by atoms with E-state index in [0.717, 1.165) is 11.3 Å². The van der Waals surface area contributed by atoms with E-state index >= 15 is 0 Å². The van der Waals surface area contributed by atoms with Crippen molar-refractivity contribution in [2.45, 2.75) is 32.2 Å². The van der Waals surface area contributed by atoms with Crippen molar-refractivity contribution in [3.05, 3.63) is 21.9 Å². The van der Waals surface area contributed by atoms with Crippen molar-refractivity contribution < 1.29 is 14.4 Å². The summed E-state index contributed by atoms with van der Waals surface area (Å²) in [4.78, 5) is 36.1. The third kappa shape index (κ3) is 2.76. The maximum Gasteiger partial charge on any atom is 0.262 e. The fourth-order valence-electron chi connectivity index (χ4n) is 1.75. The number of hydrogen-bond donors (Lipinski definition) is 2. The fourth-order valence-corrected chi connectivity index (χ4v) is 2.60. The minimum atomic E-state index is -0.609. The van der Waals surface area contributed by atoms with E-state index < -0.39 is 11.9 Å². The first-order valence-electron chi connectivity index (χ1n) is 5.83. The second kappa shape index (κ2) is 5.30. The smallest absolute Gasteiger partial charge is 0.262 e. The van der Waals surface area contributed by atoms with E-state index in [-0.39, 0.29) is 18.2 Å². The van der Waals surface area contributed by atoms with E-state index in [1.54, 1.807) is 6.07 Å². The Morgan fingerprint density at radius 3 is 2.89 bits per heavy atom. The number of piperidine rings is 1. The molecule has 0 aromatic carbocycles. The minimum Gasteiger partial charge on any atom is -0.340 e. The summed E-state index contributed by atoms with van der Waals surface area (Å²) in [7, 11) is 0. The van der Waals surface area contributed by atoms with Crippen LogP contribution in [0.5, 0.6) is 0 Å². The molecule has 2 N–H and O–H groups in total. The van der Waals surface area contributed by atoms with E-state index in [9.17, 15) is 14.4 Å². The maximum atomic E-state index is 11.9. The van der Waals surface area contributed by atoms with Gasteiger partial charge in [0.05, 0.1) is 4.88 Å². The highest BCUT2D eigenvalue weighted by molar-refractivity contribution is 7.14. The Morgan fingerprint density at radius 2 is 2.28 bits per heavy atom. The minimum absolute atomic E-state index is 0.255. The lowest BCUT2D eigenvalue weighted by Gasteiger charge is -2.21. The number of aryl methyl sites for hydroxylation is 1. The largest absolute Gasteiger partial charge is 0.340 e. The van der Waals surface area contributed by atoms with Crippen LogP contribution in [0, 0.1) is 0 Å². The predicted molar refractivity (Wildman–Crippen MR) is 67.3 cm³/mol. The van der Waals surface area contributed by atoms with Crippen LogP contribution in [-0.4, -0.2) is 23.8 Å². The molecule has 0 saturated carbocycles. The molecule has 2 heterocycles. The zero-order valence-electron chi connectivity index (χ0n) is 9.99. The Kier molecular flexibility index (Phi) is 3.76. The van der Waals surface area contributed by atoms with Gasteiger partial charge in [-0.2, -0.15) is 0 Å². The quantitative estimate of drug-likeness (QED) is 0.796. The van der Waals surface area contributed by atoms with E-state index in [2.05, 4.69) is 10.6 Å². The van der Waals surface area contributed by atoms with Gasteiger partial charge in [-0.15, -0.1) is 11.3 Å². The van der Waals surface area contributed by atoms with Gasteiger partial charge in [0.15, 0.2) is 0 Å². The highest BCUT2D eigenvalue weighted by atomic mass is 32.1. The molecule has 1 saturated heterocycles. The van der Waals surface area contributed by atoms with Crippen molar-refractivity contribution in [3.8, 4) is 0 Å². The van der Waals surface area contributed by atoms with Gasteiger partial charge in [0.25, 0.3) is 5.91 Å². The van der Waals surface area contributed by atoms with E-state index in [1.807, 2.05) is 13.0 Å². The molecule has 0 bridgehead atoms. The number of hydrogen-bond acceptors (Lipinski definition) is 4. The molecule has 2 rings (SSSR count). The first-order chi connectivity index (χ1) is 8.60. The van der Waals surface area contributed by atoms with Gasteiger partial charge in [-0.25, -0.2) is 0 Å². The van der Waals surface area contributed by atoms with Gasteiger partial charge < -0.3 is 5.32 Å².